The van der Waals surface area contributed by atoms with Gasteiger partial charge in [0.05, 0.1) is 15.9 Å². The Hall–Kier alpha value is -0.390. The predicted molar refractivity (Wildman–Crippen MR) is 80.4 cm³/mol. The molecule has 1 aliphatic heterocycles. The van der Waals surface area contributed by atoms with Crippen LogP contribution in [0.3, 0.4) is 0 Å². The molecule has 2 heterocycles. The highest BCUT2D eigenvalue weighted by Gasteiger charge is 2.22. The summed E-state index contributed by atoms with van der Waals surface area (Å²) in [6, 6.07) is 0.503. The topological polar surface area (TPSA) is 39.1 Å². The number of hydrogen-bond acceptors (Lipinski definition) is 3. The average molecular weight is 330 g/mol. The molecule has 1 aromatic rings. The number of ether oxygens (including phenoxy) is 1. The third-order valence-electron chi connectivity index (χ3n) is 3.84. The number of aryl methyl sites for hydroxylation is 2. The summed E-state index contributed by atoms with van der Waals surface area (Å²) in [6.45, 7) is 7.07. The number of hydrogen-bond donors (Lipinski definition) is 1. The molecule has 1 N–H and O–H groups in total. The van der Waals surface area contributed by atoms with E-state index in [1.807, 2.05) is 18.7 Å². The smallest absolute Gasteiger partial charge is 0.0738 e. The van der Waals surface area contributed by atoms with Crippen molar-refractivity contribution in [3.05, 3.63) is 15.9 Å². The van der Waals surface area contributed by atoms with E-state index in [4.69, 9.17) is 4.74 Å². The van der Waals surface area contributed by atoms with Crippen molar-refractivity contribution in [1.29, 1.82) is 0 Å². The minimum Gasteiger partial charge on any atom is -0.381 e. The normalized spacial score (nSPS) is 20.9. The zero-order chi connectivity index (χ0) is 13.8. The van der Waals surface area contributed by atoms with Gasteiger partial charge in [-0.2, -0.15) is 5.10 Å². The lowest BCUT2D eigenvalue weighted by Gasteiger charge is -2.21. The lowest BCUT2D eigenvalue weighted by atomic mass is 9.96. The average Bonchev–Trinajstić information content (AvgIpc) is 2.94. The van der Waals surface area contributed by atoms with Gasteiger partial charge in [0.15, 0.2) is 0 Å². The Labute approximate surface area is 124 Å². The number of rotatable bonds is 6. The Bertz CT molecular complexity index is 413. The number of halogens is 1. The molecule has 108 valence electrons. The maximum absolute atomic E-state index is 5.48. The zero-order valence-corrected chi connectivity index (χ0v) is 13.7. The molecule has 19 heavy (non-hydrogen) atoms. The number of nitrogens with one attached hydrogen (secondary N) is 1. The number of aromatic nitrogens is 2. The van der Waals surface area contributed by atoms with E-state index in [-0.39, 0.29) is 0 Å². The van der Waals surface area contributed by atoms with E-state index in [2.05, 4.69) is 33.3 Å². The quantitative estimate of drug-likeness (QED) is 0.871. The summed E-state index contributed by atoms with van der Waals surface area (Å²) in [7, 11) is 2.02. The van der Waals surface area contributed by atoms with Gasteiger partial charge in [0.2, 0.25) is 0 Å². The van der Waals surface area contributed by atoms with Crippen LogP contribution in [0, 0.1) is 12.8 Å². The minimum atomic E-state index is 0.503. The first-order chi connectivity index (χ1) is 9.11. The van der Waals surface area contributed by atoms with E-state index in [1.165, 1.54) is 18.5 Å². The third-order valence-corrected chi connectivity index (χ3v) is 4.87. The van der Waals surface area contributed by atoms with Gasteiger partial charge in [-0.05, 0) is 48.2 Å². The van der Waals surface area contributed by atoms with Gasteiger partial charge in [0.25, 0.3) is 0 Å². The van der Waals surface area contributed by atoms with Crippen LogP contribution in [0.4, 0.5) is 0 Å². The highest BCUT2D eigenvalue weighted by Crippen LogP contribution is 2.24. The fourth-order valence-corrected chi connectivity index (χ4v) is 3.33. The maximum atomic E-state index is 5.48. The fourth-order valence-electron chi connectivity index (χ4n) is 2.83. The van der Waals surface area contributed by atoms with Crippen LogP contribution in [0.15, 0.2) is 4.47 Å². The molecule has 0 bridgehead atoms. The van der Waals surface area contributed by atoms with E-state index in [0.717, 1.165) is 36.3 Å². The van der Waals surface area contributed by atoms with Crippen LogP contribution in [0.2, 0.25) is 0 Å². The molecular formula is C14H24BrN3O. The molecule has 2 unspecified atom stereocenters. The van der Waals surface area contributed by atoms with Gasteiger partial charge in [-0.25, -0.2) is 0 Å². The lowest BCUT2D eigenvalue weighted by Crippen LogP contribution is -2.34. The van der Waals surface area contributed by atoms with Crippen molar-refractivity contribution in [1.82, 2.24) is 15.1 Å². The second-order valence-corrected chi connectivity index (χ2v) is 6.19. The molecule has 0 amide bonds. The molecule has 1 aromatic heterocycles. The fraction of sp³-hybridized carbons (Fsp3) is 0.786. The Morgan fingerprint density at radius 2 is 2.37 bits per heavy atom. The summed E-state index contributed by atoms with van der Waals surface area (Å²) in [5, 5.41) is 8.08. The molecule has 2 rings (SSSR count). The molecule has 4 nitrogen and oxygen atoms in total. The van der Waals surface area contributed by atoms with E-state index >= 15 is 0 Å². The molecule has 5 heteroatoms. The van der Waals surface area contributed by atoms with E-state index in [9.17, 15) is 0 Å². The van der Waals surface area contributed by atoms with Crippen LogP contribution in [0.5, 0.6) is 0 Å². The van der Waals surface area contributed by atoms with Crippen LogP contribution in [-0.2, 0) is 18.2 Å². The summed E-state index contributed by atoms with van der Waals surface area (Å²) in [5.74, 6) is 0.706. The van der Waals surface area contributed by atoms with Gasteiger partial charge in [-0.1, -0.05) is 6.92 Å². The van der Waals surface area contributed by atoms with Gasteiger partial charge in [-0.15, -0.1) is 0 Å². The monoisotopic (exact) mass is 329 g/mol. The maximum Gasteiger partial charge on any atom is 0.0738 e. The summed E-state index contributed by atoms with van der Waals surface area (Å²) < 4.78 is 8.63. The highest BCUT2D eigenvalue weighted by molar-refractivity contribution is 9.10. The number of likely N-dealkylation sites (N-methyl/N-ethyl adjacent to an activating group) is 1. The summed E-state index contributed by atoms with van der Waals surface area (Å²) >= 11 is 3.66. The lowest BCUT2D eigenvalue weighted by molar-refractivity contribution is 0.181. The third kappa shape index (κ3) is 3.80. The molecule has 0 saturated carbocycles. The van der Waals surface area contributed by atoms with Crippen LogP contribution in [0.1, 0.15) is 31.2 Å². The first kappa shape index (κ1) is 15.0. The largest absolute Gasteiger partial charge is 0.381 e. The van der Waals surface area contributed by atoms with Gasteiger partial charge < -0.3 is 10.1 Å². The Morgan fingerprint density at radius 1 is 1.58 bits per heavy atom. The van der Waals surface area contributed by atoms with Crippen molar-refractivity contribution >= 4 is 15.9 Å². The summed E-state index contributed by atoms with van der Waals surface area (Å²) in [5.41, 5.74) is 2.35. The summed E-state index contributed by atoms with van der Waals surface area (Å²) in [4.78, 5) is 0. The minimum absolute atomic E-state index is 0.503. The van der Waals surface area contributed by atoms with Gasteiger partial charge in [0, 0.05) is 32.7 Å². The zero-order valence-electron chi connectivity index (χ0n) is 12.1. The van der Waals surface area contributed by atoms with Gasteiger partial charge in [-0.3, -0.25) is 4.68 Å². The van der Waals surface area contributed by atoms with Crippen LogP contribution in [-0.4, -0.2) is 35.6 Å². The SMILES string of the molecule is CCNC(Cc1c(Br)c(C)nn1C)CC1CCOC1. The van der Waals surface area contributed by atoms with Crippen molar-refractivity contribution in [3.63, 3.8) is 0 Å². The molecule has 1 aliphatic rings. The van der Waals surface area contributed by atoms with Crippen LogP contribution in [0.25, 0.3) is 0 Å². The van der Waals surface area contributed by atoms with Crippen molar-refractivity contribution < 1.29 is 4.74 Å². The van der Waals surface area contributed by atoms with Crippen molar-refractivity contribution in [2.24, 2.45) is 13.0 Å². The molecule has 2 atom stereocenters. The van der Waals surface area contributed by atoms with Crippen molar-refractivity contribution in [2.75, 3.05) is 19.8 Å². The van der Waals surface area contributed by atoms with Crippen molar-refractivity contribution in [2.45, 2.75) is 39.2 Å². The molecule has 0 aromatic carbocycles. The molecule has 0 aliphatic carbocycles. The molecule has 0 radical (unpaired) electrons. The molecule has 1 fully saturated rings. The van der Waals surface area contributed by atoms with Crippen molar-refractivity contribution in [3.8, 4) is 0 Å². The van der Waals surface area contributed by atoms with Crippen LogP contribution < -0.4 is 5.32 Å². The standard InChI is InChI=1S/C14H24BrN3O/c1-4-16-12(7-11-5-6-19-9-11)8-13-14(15)10(2)17-18(13)3/h11-12,16H,4-9H2,1-3H3. The number of nitrogens with zero attached hydrogens (tertiary/aromatic N) is 2. The second kappa shape index (κ2) is 6.86. The Morgan fingerprint density at radius 3 is 2.89 bits per heavy atom. The van der Waals surface area contributed by atoms with E-state index in [1.54, 1.807) is 0 Å². The van der Waals surface area contributed by atoms with Gasteiger partial charge >= 0.3 is 0 Å². The molecule has 0 spiro atoms. The molecule has 1 saturated heterocycles. The highest BCUT2D eigenvalue weighted by atomic mass is 79.9. The van der Waals surface area contributed by atoms with E-state index in [0.29, 0.717) is 12.0 Å². The Balaban J connectivity index is 2.02. The van der Waals surface area contributed by atoms with Crippen LogP contribution >= 0.6 is 15.9 Å². The second-order valence-electron chi connectivity index (χ2n) is 5.39. The molecular weight excluding hydrogens is 306 g/mol. The Kier molecular flexibility index (Phi) is 5.42. The summed E-state index contributed by atoms with van der Waals surface area (Å²) in [6.07, 6.45) is 3.40. The van der Waals surface area contributed by atoms with Gasteiger partial charge in [0.1, 0.15) is 0 Å². The van der Waals surface area contributed by atoms with E-state index < -0.39 is 0 Å². The first-order valence-corrected chi connectivity index (χ1v) is 7.90. The predicted octanol–water partition coefficient (Wildman–Crippen LogP) is 2.44. The first-order valence-electron chi connectivity index (χ1n) is 7.10.